The minimum atomic E-state index is 0.202. The summed E-state index contributed by atoms with van der Waals surface area (Å²) in [5.41, 5.74) is 1.71. The molecule has 0 aromatic heterocycles. The van der Waals surface area contributed by atoms with Crippen LogP contribution in [0.15, 0.2) is 30.3 Å². The average molecular weight is 256 g/mol. The van der Waals surface area contributed by atoms with E-state index < -0.39 is 0 Å². The van der Waals surface area contributed by atoms with Crippen LogP contribution in [0.1, 0.15) is 44.1 Å². The lowest BCUT2D eigenvalue weighted by molar-refractivity contribution is 0.267. The van der Waals surface area contributed by atoms with Crippen molar-refractivity contribution in [3.63, 3.8) is 0 Å². The fraction of sp³-hybridized carbons (Fsp3) is 0.647. The van der Waals surface area contributed by atoms with E-state index in [0.717, 1.165) is 12.0 Å². The molecular formula is C17H24N2. The average Bonchev–Trinajstić information content (AvgIpc) is 3.15. The first-order valence-corrected chi connectivity index (χ1v) is 7.95. The molecule has 0 bridgehead atoms. The minimum Gasteiger partial charge on any atom is -0.312 e. The maximum atomic E-state index is 4.06. The van der Waals surface area contributed by atoms with E-state index in [1.807, 2.05) is 0 Å². The smallest absolute Gasteiger partial charge is 0.0595 e. The van der Waals surface area contributed by atoms with Crippen molar-refractivity contribution >= 4 is 0 Å². The largest absolute Gasteiger partial charge is 0.312 e. The molecule has 1 aromatic carbocycles. The van der Waals surface area contributed by atoms with Crippen LogP contribution in [0, 0.1) is 5.92 Å². The van der Waals surface area contributed by atoms with Crippen LogP contribution < -0.4 is 10.6 Å². The van der Waals surface area contributed by atoms with E-state index in [9.17, 15) is 0 Å². The SMILES string of the molecule is c1ccc([C@@]2([C@H]3CCCN3)C[C@H]3CCC[C@H]3N2)cc1. The van der Waals surface area contributed by atoms with E-state index in [1.165, 1.54) is 50.6 Å². The molecule has 0 spiro atoms. The Morgan fingerprint density at radius 3 is 2.63 bits per heavy atom. The van der Waals surface area contributed by atoms with Crippen LogP contribution in [0.25, 0.3) is 0 Å². The van der Waals surface area contributed by atoms with Gasteiger partial charge < -0.3 is 10.6 Å². The van der Waals surface area contributed by atoms with E-state index >= 15 is 0 Å². The highest BCUT2D eigenvalue weighted by molar-refractivity contribution is 5.30. The third-order valence-electron chi connectivity index (χ3n) is 5.63. The minimum absolute atomic E-state index is 0.202. The lowest BCUT2D eigenvalue weighted by atomic mass is 9.78. The Hall–Kier alpha value is -0.860. The summed E-state index contributed by atoms with van der Waals surface area (Å²) in [4.78, 5) is 0. The summed E-state index contributed by atoms with van der Waals surface area (Å²) in [5, 5.41) is 7.83. The molecule has 2 heterocycles. The molecule has 102 valence electrons. The van der Waals surface area contributed by atoms with Gasteiger partial charge in [-0.1, -0.05) is 36.8 Å². The maximum absolute atomic E-state index is 4.06. The van der Waals surface area contributed by atoms with Crippen molar-refractivity contribution in [1.82, 2.24) is 10.6 Å². The molecule has 4 atom stereocenters. The van der Waals surface area contributed by atoms with Crippen molar-refractivity contribution in [2.45, 2.75) is 56.1 Å². The van der Waals surface area contributed by atoms with E-state index in [4.69, 9.17) is 0 Å². The number of rotatable bonds is 2. The normalized spacial score (nSPS) is 41.6. The molecule has 3 fully saturated rings. The fourth-order valence-corrected chi connectivity index (χ4v) is 4.76. The van der Waals surface area contributed by atoms with E-state index in [2.05, 4.69) is 41.0 Å². The molecule has 3 aliphatic rings. The van der Waals surface area contributed by atoms with Crippen molar-refractivity contribution in [2.75, 3.05) is 6.54 Å². The van der Waals surface area contributed by atoms with Gasteiger partial charge in [0.25, 0.3) is 0 Å². The van der Waals surface area contributed by atoms with Gasteiger partial charge in [-0.2, -0.15) is 0 Å². The molecule has 2 heteroatoms. The van der Waals surface area contributed by atoms with E-state index in [1.54, 1.807) is 0 Å². The predicted molar refractivity (Wildman–Crippen MR) is 78.0 cm³/mol. The second-order valence-electron chi connectivity index (χ2n) is 6.63. The van der Waals surface area contributed by atoms with Gasteiger partial charge in [-0.25, -0.2) is 0 Å². The van der Waals surface area contributed by atoms with Crippen LogP contribution >= 0.6 is 0 Å². The molecule has 0 radical (unpaired) electrons. The first kappa shape index (κ1) is 11.9. The Morgan fingerprint density at radius 1 is 1.00 bits per heavy atom. The summed E-state index contributed by atoms with van der Waals surface area (Å²) in [6.07, 6.45) is 8.22. The van der Waals surface area contributed by atoms with Crippen LogP contribution in [0.4, 0.5) is 0 Å². The first-order valence-electron chi connectivity index (χ1n) is 7.95. The zero-order valence-corrected chi connectivity index (χ0v) is 11.6. The molecule has 4 rings (SSSR count). The molecule has 1 aliphatic carbocycles. The summed E-state index contributed by atoms with van der Waals surface area (Å²) < 4.78 is 0. The molecule has 2 aliphatic heterocycles. The fourth-order valence-electron chi connectivity index (χ4n) is 4.76. The van der Waals surface area contributed by atoms with Crippen LogP contribution in [-0.4, -0.2) is 18.6 Å². The molecule has 2 N–H and O–H groups in total. The number of fused-ring (bicyclic) bond motifs is 1. The van der Waals surface area contributed by atoms with Gasteiger partial charge in [0.15, 0.2) is 0 Å². The highest BCUT2D eigenvalue weighted by Gasteiger charge is 2.51. The summed E-state index contributed by atoms with van der Waals surface area (Å²) >= 11 is 0. The van der Waals surface area contributed by atoms with Gasteiger partial charge in [-0.15, -0.1) is 0 Å². The van der Waals surface area contributed by atoms with Crippen molar-refractivity contribution in [3.05, 3.63) is 35.9 Å². The van der Waals surface area contributed by atoms with Gasteiger partial charge in [0.05, 0.1) is 5.54 Å². The zero-order valence-electron chi connectivity index (χ0n) is 11.6. The molecule has 0 amide bonds. The lowest BCUT2D eigenvalue weighted by Crippen LogP contribution is -2.53. The van der Waals surface area contributed by atoms with Gasteiger partial charge in [0.1, 0.15) is 0 Å². The number of nitrogens with one attached hydrogen (secondary N) is 2. The quantitative estimate of drug-likeness (QED) is 0.850. The van der Waals surface area contributed by atoms with Crippen molar-refractivity contribution < 1.29 is 0 Å². The van der Waals surface area contributed by atoms with Crippen LogP contribution in [-0.2, 0) is 5.54 Å². The Morgan fingerprint density at radius 2 is 1.89 bits per heavy atom. The van der Waals surface area contributed by atoms with Crippen LogP contribution in [0.2, 0.25) is 0 Å². The van der Waals surface area contributed by atoms with Gasteiger partial charge in [0, 0.05) is 12.1 Å². The standard InChI is InChI=1S/C17H24N2/c1-2-7-14(8-3-1)17(16-10-5-11-18-16)12-13-6-4-9-15(13)19-17/h1-3,7-8,13,15-16,18-19H,4-6,9-12H2/t13-,15-,16-,17-/m1/s1. The predicted octanol–water partition coefficient (Wildman–Crippen LogP) is 2.80. The van der Waals surface area contributed by atoms with E-state index in [0.29, 0.717) is 6.04 Å². The second-order valence-corrected chi connectivity index (χ2v) is 6.63. The summed E-state index contributed by atoms with van der Waals surface area (Å²) in [7, 11) is 0. The van der Waals surface area contributed by atoms with Crippen molar-refractivity contribution in [2.24, 2.45) is 5.92 Å². The maximum Gasteiger partial charge on any atom is 0.0595 e. The molecule has 2 nitrogen and oxygen atoms in total. The number of hydrogen-bond acceptors (Lipinski definition) is 2. The number of hydrogen-bond donors (Lipinski definition) is 2. The van der Waals surface area contributed by atoms with Gasteiger partial charge in [-0.05, 0) is 50.1 Å². The lowest BCUT2D eigenvalue weighted by Gasteiger charge is -2.38. The van der Waals surface area contributed by atoms with Crippen molar-refractivity contribution in [1.29, 1.82) is 0 Å². The summed E-state index contributed by atoms with van der Waals surface area (Å²) in [6, 6.07) is 12.6. The monoisotopic (exact) mass is 256 g/mol. The van der Waals surface area contributed by atoms with Crippen LogP contribution in [0.3, 0.4) is 0 Å². The Labute approximate surface area is 116 Å². The zero-order chi connectivity index (χ0) is 12.7. The number of benzene rings is 1. The first-order chi connectivity index (χ1) is 9.38. The van der Waals surface area contributed by atoms with Gasteiger partial charge in [0.2, 0.25) is 0 Å². The highest BCUT2D eigenvalue weighted by atomic mass is 15.1. The van der Waals surface area contributed by atoms with Crippen molar-refractivity contribution in [3.8, 4) is 0 Å². The molecular weight excluding hydrogens is 232 g/mol. The highest BCUT2D eigenvalue weighted by Crippen LogP contribution is 2.47. The van der Waals surface area contributed by atoms with Gasteiger partial charge in [-0.3, -0.25) is 0 Å². The Bertz CT molecular complexity index is 424. The molecule has 19 heavy (non-hydrogen) atoms. The summed E-state index contributed by atoms with van der Waals surface area (Å²) in [5.74, 6) is 0.905. The Kier molecular flexibility index (Phi) is 2.89. The Balaban J connectivity index is 1.72. The third kappa shape index (κ3) is 1.85. The third-order valence-corrected chi connectivity index (χ3v) is 5.63. The van der Waals surface area contributed by atoms with Crippen LogP contribution in [0.5, 0.6) is 0 Å². The molecule has 0 unspecified atom stereocenters. The second kappa shape index (κ2) is 4.60. The topological polar surface area (TPSA) is 24.1 Å². The molecule has 2 saturated heterocycles. The molecule has 1 aromatic rings. The summed E-state index contributed by atoms with van der Waals surface area (Å²) in [6.45, 7) is 1.19. The molecule has 1 saturated carbocycles. The van der Waals surface area contributed by atoms with E-state index in [-0.39, 0.29) is 5.54 Å². The van der Waals surface area contributed by atoms with Gasteiger partial charge >= 0.3 is 0 Å².